The summed E-state index contributed by atoms with van der Waals surface area (Å²) in [6.07, 6.45) is 1.98. The van der Waals surface area contributed by atoms with Crippen LogP contribution in [-0.4, -0.2) is 42.2 Å². The van der Waals surface area contributed by atoms with E-state index in [2.05, 4.69) is 10.6 Å². The van der Waals surface area contributed by atoms with Gasteiger partial charge in [-0.05, 0) is 29.5 Å². The quantitative estimate of drug-likeness (QED) is 0.551. The molecule has 0 unspecified atom stereocenters. The Bertz CT molecular complexity index is 1000. The minimum atomic E-state index is -0.595. The van der Waals surface area contributed by atoms with E-state index in [9.17, 15) is 14.4 Å². The summed E-state index contributed by atoms with van der Waals surface area (Å²) in [6.45, 7) is 0.153. The highest BCUT2D eigenvalue weighted by molar-refractivity contribution is 7.98. The van der Waals surface area contributed by atoms with Gasteiger partial charge in [-0.1, -0.05) is 42.5 Å². The van der Waals surface area contributed by atoms with Crippen LogP contribution >= 0.6 is 11.8 Å². The summed E-state index contributed by atoms with van der Waals surface area (Å²) in [5.41, 5.74) is 2.57. The normalized spacial score (nSPS) is 18.0. The molecular formula is C22H21N3O4S. The standard InChI is InChI=1S/C22H21N3O4S/c1-30-16-9-7-15(8-10-16)20-19-17(13-29-21(19)27)25(22(28)24-20)12-18(26)23-11-14-5-3-2-4-6-14/h2-10,20H,11-13H2,1H3,(H,23,26)(H,24,28)/t20-/m1/s1. The Labute approximate surface area is 178 Å². The van der Waals surface area contributed by atoms with E-state index in [0.717, 1.165) is 16.0 Å². The van der Waals surface area contributed by atoms with Crippen LogP contribution in [0.2, 0.25) is 0 Å². The summed E-state index contributed by atoms with van der Waals surface area (Å²) >= 11 is 1.61. The summed E-state index contributed by atoms with van der Waals surface area (Å²) in [6, 6.07) is 16.1. The van der Waals surface area contributed by atoms with Gasteiger partial charge in [-0.3, -0.25) is 9.69 Å². The van der Waals surface area contributed by atoms with Crippen LogP contribution in [0, 0.1) is 0 Å². The van der Waals surface area contributed by atoms with Gasteiger partial charge in [-0.2, -0.15) is 0 Å². The van der Waals surface area contributed by atoms with E-state index in [0.29, 0.717) is 17.8 Å². The second-order valence-corrected chi connectivity index (χ2v) is 7.82. The molecule has 4 rings (SSSR count). The second kappa shape index (κ2) is 8.62. The molecular weight excluding hydrogens is 402 g/mol. The lowest BCUT2D eigenvalue weighted by molar-refractivity contribution is -0.136. The molecule has 0 saturated carbocycles. The van der Waals surface area contributed by atoms with E-state index >= 15 is 0 Å². The number of cyclic esters (lactones) is 1. The molecule has 0 saturated heterocycles. The lowest BCUT2D eigenvalue weighted by atomic mass is 9.96. The van der Waals surface area contributed by atoms with Gasteiger partial charge < -0.3 is 15.4 Å². The molecule has 154 valence electrons. The number of hydrogen-bond donors (Lipinski definition) is 2. The first-order chi connectivity index (χ1) is 14.6. The van der Waals surface area contributed by atoms with Crippen molar-refractivity contribution in [1.29, 1.82) is 0 Å². The summed E-state index contributed by atoms with van der Waals surface area (Å²) < 4.78 is 5.20. The molecule has 0 bridgehead atoms. The third kappa shape index (κ3) is 4.04. The second-order valence-electron chi connectivity index (χ2n) is 6.94. The Hall–Kier alpha value is -3.26. The highest BCUT2D eigenvalue weighted by Gasteiger charge is 2.42. The van der Waals surface area contributed by atoms with Crippen LogP contribution in [0.15, 0.2) is 70.8 Å². The molecule has 0 fully saturated rings. The van der Waals surface area contributed by atoms with Crippen molar-refractivity contribution < 1.29 is 19.1 Å². The van der Waals surface area contributed by atoms with E-state index in [1.807, 2.05) is 60.9 Å². The van der Waals surface area contributed by atoms with Gasteiger partial charge in [0.2, 0.25) is 5.91 Å². The fraction of sp³-hybridized carbons (Fsp3) is 0.227. The molecule has 2 heterocycles. The zero-order valence-electron chi connectivity index (χ0n) is 16.4. The van der Waals surface area contributed by atoms with Gasteiger partial charge in [-0.25, -0.2) is 9.59 Å². The number of nitrogens with one attached hydrogen (secondary N) is 2. The molecule has 0 spiro atoms. The van der Waals surface area contributed by atoms with Crippen LogP contribution in [0.3, 0.4) is 0 Å². The minimum absolute atomic E-state index is 0.0209. The van der Waals surface area contributed by atoms with Gasteiger partial charge >= 0.3 is 12.0 Å². The van der Waals surface area contributed by atoms with Crippen molar-refractivity contribution in [2.45, 2.75) is 17.5 Å². The van der Waals surface area contributed by atoms with Gasteiger partial charge in [0.25, 0.3) is 0 Å². The van der Waals surface area contributed by atoms with E-state index in [1.54, 1.807) is 11.8 Å². The molecule has 2 N–H and O–H groups in total. The Morgan fingerprint density at radius 2 is 1.90 bits per heavy atom. The molecule has 0 radical (unpaired) electrons. The van der Waals surface area contributed by atoms with Crippen LogP contribution in [0.25, 0.3) is 0 Å². The molecule has 7 nitrogen and oxygen atoms in total. The smallest absolute Gasteiger partial charge is 0.338 e. The summed E-state index contributed by atoms with van der Waals surface area (Å²) in [5.74, 6) is -0.790. The number of rotatable bonds is 6. The number of hydrogen-bond acceptors (Lipinski definition) is 5. The van der Waals surface area contributed by atoms with Crippen molar-refractivity contribution in [2.75, 3.05) is 19.4 Å². The predicted molar refractivity (Wildman–Crippen MR) is 112 cm³/mol. The maximum atomic E-state index is 12.8. The third-order valence-electron chi connectivity index (χ3n) is 5.08. The van der Waals surface area contributed by atoms with Crippen molar-refractivity contribution in [3.63, 3.8) is 0 Å². The van der Waals surface area contributed by atoms with Crippen molar-refractivity contribution in [1.82, 2.24) is 15.5 Å². The van der Waals surface area contributed by atoms with Crippen LogP contribution in [0.5, 0.6) is 0 Å². The van der Waals surface area contributed by atoms with Gasteiger partial charge in [-0.15, -0.1) is 11.8 Å². The monoisotopic (exact) mass is 423 g/mol. The number of thioether (sulfide) groups is 1. The fourth-order valence-electron chi connectivity index (χ4n) is 3.52. The van der Waals surface area contributed by atoms with E-state index in [1.165, 1.54) is 4.90 Å². The maximum absolute atomic E-state index is 12.8. The molecule has 0 aromatic heterocycles. The molecule has 1 atom stereocenters. The zero-order valence-corrected chi connectivity index (χ0v) is 17.2. The minimum Gasteiger partial charge on any atom is -0.456 e. The topological polar surface area (TPSA) is 87.7 Å². The van der Waals surface area contributed by atoms with Crippen molar-refractivity contribution in [2.24, 2.45) is 0 Å². The molecule has 2 aromatic rings. The zero-order chi connectivity index (χ0) is 21.1. The number of nitrogens with zero attached hydrogens (tertiary/aromatic N) is 1. The van der Waals surface area contributed by atoms with Gasteiger partial charge in [0.05, 0.1) is 17.3 Å². The summed E-state index contributed by atoms with van der Waals surface area (Å²) in [7, 11) is 0. The molecule has 0 aliphatic carbocycles. The number of esters is 1. The first kappa shape index (κ1) is 20.0. The van der Waals surface area contributed by atoms with E-state index in [-0.39, 0.29) is 19.1 Å². The number of carbonyl (C=O) groups excluding carboxylic acids is 3. The average molecular weight is 423 g/mol. The highest BCUT2D eigenvalue weighted by atomic mass is 32.2. The van der Waals surface area contributed by atoms with Crippen molar-refractivity contribution >= 4 is 29.7 Å². The molecule has 2 aromatic carbocycles. The van der Waals surface area contributed by atoms with Gasteiger partial charge in [0, 0.05) is 11.4 Å². The Kier molecular flexibility index (Phi) is 5.76. The Morgan fingerprint density at radius 1 is 1.17 bits per heavy atom. The molecule has 2 aliphatic rings. The van der Waals surface area contributed by atoms with Gasteiger partial charge in [0.15, 0.2) is 0 Å². The molecule has 3 amide bonds. The number of amides is 3. The largest absolute Gasteiger partial charge is 0.456 e. The first-order valence-electron chi connectivity index (χ1n) is 9.49. The summed E-state index contributed by atoms with van der Waals surface area (Å²) in [4.78, 5) is 40.0. The predicted octanol–water partition coefficient (Wildman–Crippen LogP) is 2.60. The lowest BCUT2D eigenvalue weighted by Crippen LogP contribution is -2.50. The lowest BCUT2D eigenvalue weighted by Gasteiger charge is -2.32. The summed E-state index contributed by atoms with van der Waals surface area (Å²) in [5, 5.41) is 5.64. The molecule has 30 heavy (non-hydrogen) atoms. The number of urea groups is 1. The SMILES string of the molecule is CSc1ccc([C@H]2NC(=O)N(CC(=O)NCc3ccccc3)C3=C2C(=O)OC3)cc1. The molecule has 2 aliphatic heterocycles. The average Bonchev–Trinajstić information content (AvgIpc) is 3.16. The third-order valence-corrected chi connectivity index (χ3v) is 5.83. The van der Waals surface area contributed by atoms with Crippen LogP contribution in [-0.2, 0) is 20.9 Å². The van der Waals surface area contributed by atoms with E-state index < -0.39 is 18.0 Å². The fourth-order valence-corrected chi connectivity index (χ4v) is 3.93. The van der Waals surface area contributed by atoms with Crippen LogP contribution in [0.1, 0.15) is 17.2 Å². The van der Waals surface area contributed by atoms with Crippen LogP contribution < -0.4 is 10.6 Å². The van der Waals surface area contributed by atoms with Crippen molar-refractivity contribution in [3.05, 3.63) is 77.0 Å². The van der Waals surface area contributed by atoms with Crippen LogP contribution in [0.4, 0.5) is 4.79 Å². The van der Waals surface area contributed by atoms with Crippen molar-refractivity contribution in [3.8, 4) is 0 Å². The van der Waals surface area contributed by atoms with Gasteiger partial charge in [0.1, 0.15) is 13.2 Å². The van der Waals surface area contributed by atoms with E-state index in [4.69, 9.17) is 4.74 Å². The molecule has 8 heteroatoms. The highest BCUT2D eigenvalue weighted by Crippen LogP contribution is 2.35. The number of ether oxygens (including phenoxy) is 1. The first-order valence-corrected chi connectivity index (χ1v) is 10.7. The number of carbonyl (C=O) groups is 3. The maximum Gasteiger partial charge on any atom is 0.338 e. The Morgan fingerprint density at radius 3 is 2.60 bits per heavy atom. The number of benzene rings is 2. The Balaban J connectivity index is 1.52.